The molecular formula is C18H19N3O3. The lowest BCUT2D eigenvalue weighted by Gasteiger charge is -2.24. The summed E-state index contributed by atoms with van der Waals surface area (Å²) in [6.45, 7) is 0.342. The topological polar surface area (TPSA) is 79.4 Å². The molecule has 1 aliphatic carbocycles. The van der Waals surface area contributed by atoms with E-state index in [1.54, 1.807) is 18.0 Å². The molecule has 0 fully saturated rings. The number of likely N-dealkylation sites (N-methyl/N-ethyl adjacent to an activating group) is 1. The van der Waals surface area contributed by atoms with Gasteiger partial charge < -0.3 is 15.0 Å². The Hall–Kier alpha value is -2.60. The quantitative estimate of drug-likeness (QED) is 0.627. The second-order valence-electron chi connectivity index (χ2n) is 6.03. The first-order valence-electron chi connectivity index (χ1n) is 7.90. The number of nitrogens with zero attached hydrogens (tertiary/aromatic N) is 2. The van der Waals surface area contributed by atoms with Crippen molar-refractivity contribution in [2.75, 3.05) is 20.1 Å². The van der Waals surface area contributed by atoms with Gasteiger partial charge in [0, 0.05) is 18.5 Å². The number of rotatable bonds is 6. The second-order valence-corrected chi connectivity index (χ2v) is 6.03. The summed E-state index contributed by atoms with van der Waals surface area (Å²) in [6, 6.07) is 7.82. The van der Waals surface area contributed by atoms with E-state index in [-0.39, 0.29) is 25.0 Å². The van der Waals surface area contributed by atoms with E-state index in [1.807, 2.05) is 12.1 Å². The highest BCUT2D eigenvalue weighted by molar-refractivity contribution is 5.85. The Labute approximate surface area is 139 Å². The largest absolute Gasteiger partial charge is 0.341 e. The minimum Gasteiger partial charge on any atom is -0.341 e. The molecule has 1 atom stereocenters. The average Bonchev–Trinajstić information content (AvgIpc) is 3.01. The fourth-order valence-electron chi connectivity index (χ4n) is 3.14. The zero-order chi connectivity index (χ0) is 17.1. The predicted octanol–water partition coefficient (Wildman–Crippen LogP) is 0.761. The minimum atomic E-state index is -0.0272. The summed E-state index contributed by atoms with van der Waals surface area (Å²) in [4.78, 5) is 39.4. The molecule has 0 unspecified atom stereocenters. The van der Waals surface area contributed by atoms with Crippen molar-refractivity contribution in [3.8, 4) is 0 Å². The maximum atomic E-state index is 12.2. The van der Waals surface area contributed by atoms with E-state index in [9.17, 15) is 14.4 Å². The molecule has 0 saturated carbocycles. The van der Waals surface area contributed by atoms with Crippen LogP contribution in [0.15, 0.2) is 24.3 Å². The van der Waals surface area contributed by atoms with Gasteiger partial charge in [0.15, 0.2) is 6.29 Å². The number of aromatic nitrogens is 1. The summed E-state index contributed by atoms with van der Waals surface area (Å²) in [7, 11) is 1.80. The lowest BCUT2D eigenvalue weighted by atomic mass is 10.1. The number of carbonyl (C=O) groups is 3. The molecule has 1 aromatic heterocycles. The molecule has 24 heavy (non-hydrogen) atoms. The van der Waals surface area contributed by atoms with Gasteiger partial charge in [-0.1, -0.05) is 6.07 Å². The number of pyridine rings is 1. The molecule has 1 aliphatic rings. The van der Waals surface area contributed by atoms with E-state index in [4.69, 9.17) is 0 Å². The Morgan fingerprint density at radius 3 is 2.75 bits per heavy atom. The molecular weight excluding hydrogens is 306 g/mol. The standard InChI is InChI=1S/C18H19N3O3/c1-21(18(24)10-19-4-5-22)16-7-13-6-12-2-3-15(11-23)20-17(12)9-14(13)8-16/h2-3,5-6,9,11,16,19H,4,7-8,10H2,1H3/t16-/m1/s1. The highest BCUT2D eigenvalue weighted by Gasteiger charge is 2.27. The first kappa shape index (κ1) is 16.3. The van der Waals surface area contributed by atoms with Gasteiger partial charge >= 0.3 is 0 Å². The molecule has 1 heterocycles. The van der Waals surface area contributed by atoms with Gasteiger partial charge in [0.05, 0.1) is 18.6 Å². The Morgan fingerprint density at radius 1 is 1.29 bits per heavy atom. The van der Waals surface area contributed by atoms with Crippen molar-refractivity contribution < 1.29 is 14.4 Å². The first-order valence-corrected chi connectivity index (χ1v) is 7.90. The Morgan fingerprint density at radius 2 is 2.04 bits per heavy atom. The summed E-state index contributed by atoms with van der Waals surface area (Å²) in [5.41, 5.74) is 3.61. The van der Waals surface area contributed by atoms with Crippen molar-refractivity contribution in [1.29, 1.82) is 0 Å². The van der Waals surface area contributed by atoms with Crippen LogP contribution < -0.4 is 5.32 Å². The van der Waals surface area contributed by atoms with Crippen molar-refractivity contribution in [3.05, 3.63) is 41.1 Å². The lowest BCUT2D eigenvalue weighted by Crippen LogP contribution is -2.42. The van der Waals surface area contributed by atoms with Crippen LogP contribution in [0.1, 0.15) is 21.6 Å². The van der Waals surface area contributed by atoms with Gasteiger partial charge in [-0.2, -0.15) is 0 Å². The Balaban J connectivity index is 1.76. The highest BCUT2D eigenvalue weighted by Crippen LogP contribution is 2.29. The molecule has 1 aromatic carbocycles. The van der Waals surface area contributed by atoms with Gasteiger partial charge in [-0.3, -0.25) is 9.59 Å². The van der Waals surface area contributed by atoms with Crippen LogP contribution in [0.3, 0.4) is 0 Å². The molecule has 124 valence electrons. The number of carbonyl (C=O) groups excluding carboxylic acids is 3. The van der Waals surface area contributed by atoms with Crippen LogP contribution in [-0.2, 0) is 22.4 Å². The summed E-state index contributed by atoms with van der Waals surface area (Å²) in [5, 5.41) is 3.80. The Bertz CT molecular complexity index is 803. The second kappa shape index (κ2) is 6.88. The summed E-state index contributed by atoms with van der Waals surface area (Å²) < 4.78 is 0. The lowest BCUT2D eigenvalue weighted by molar-refractivity contribution is -0.130. The highest BCUT2D eigenvalue weighted by atomic mass is 16.2. The van der Waals surface area contributed by atoms with E-state index >= 15 is 0 Å². The third-order valence-corrected chi connectivity index (χ3v) is 4.51. The van der Waals surface area contributed by atoms with Crippen LogP contribution in [0.2, 0.25) is 0 Å². The van der Waals surface area contributed by atoms with Gasteiger partial charge in [0.2, 0.25) is 5.91 Å². The fraction of sp³-hybridized carbons (Fsp3) is 0.333. The van der Waals surface area contributed by atoms with Gasteiger partial charge in [-0.05, 0) is 42.2 Å². The average molecular weight is 325 g/mol. The van der Waals surface area contributed by atoms with Crippen LogP contribution in [0, 0.1) is 0 Å². The molecule has 0 bridgehead atoms. The van der Waals surface area contributed by atoms with Gasteiger partial charge in [-0.25, -0.2) is 4.98 Å². The molecule has 0 spiro atoms. The zero-order valence-corrected chi connectivity index (χ0v) is 13.5. The predicted molar refractivity (Wildman–Crippen MR) is 90.0 cm³/mol. The van der Waals surface area contributed by atoms with Crippen LogP contribution in [0.5, 0.6) is 0 Å². The maximum absolute atomic E-state index is 12.2. The summed E-state index contributed by atoms with van der Waals surface area (Å²) >= 11 is 0. The minimum absolute atomic E-state index is 0.0272. The molecule has 1 N–H and O–H groups in total. The number of fused-ring (bicyclic) bond motifs is 2. The number of aldehydes is 2. The van der Waals surface area contributed by atoms with Crippen LogP contribution in [0.25, 0.3) is 10.9 Å². The maximum Gasteiger partial charge on any atom is 0.236 e. The fourth-order valence-corrected chi connectivity index (χ4v) is 3.14. The molecule has 6 nitrogen and oxygen atoms in total. The third kappa shape index (κ3) is 3.19. The number of nitrogens with one attached hydrogen (secondary N) is 1. The van der Waals surface area contributed by atoms with E-state index in [0.29, 0.717) is 5.69 Å². The smallest absolute Gasteiger partial charge is 0.236 e. The van der Waals surface area contributed by atoms with Gasteiger partial charge in [0.1, 0.15) is 12.0 Å². The number of amides is 1. The van der Waals surface area contributed by atoms with E-state index in [2.05, 4.69) is 16.4 Å². The molecule has 2 aromatic rings. The number of hydrogen-bond acceptors (Lipinski definition) is 5. The van der Waals surface area contributed by atoms with Crippen LogP contribution in [-0.4, -0.2) is 54.5 Å². The molecule has 3 rings (SSSR count). The SMILES string of the molecule is CN(C(=O)CNCC=O)[C@@H]1Cc2cc3ccc(C=O)nc3cc2C1. The van der Waals surface area contributed by atoms with Crippen LogP contribution >= 0.6 is 0 Å². The number of benzene rings is 1. The van der Waals surface area contributed by atoms with Crippen molar-refractivity contribution in [3.63, 3.8) is 0 Å². The van der Waals surface area contributed by atoms with Gasteiger partial charge in [0.25, 0.3) is 0 Å². The van der Waals surface area contributed by atoms with Crippen molar-refractivity contribution in [1.82, 2.24) is 15.2 Å². The summed E-state index contributed by atoms with van der Waals surface area (Å²) in [5.74, 6) is -0.0272. The molecule has 6 heteroatoms. The van der Waals surface area contributed by atoms with Crippen molar-refractivity contribution in [2.45, 2.75) is 18.9 Å². The summed E-state index contributed by atoms with van der Waals surface area (Å²) in [6.07, 6.45) is 3.06. The molecule has 1 amide bonds. The molecule has 0 radical (unpaired) electrons. The number of hydrogen-bond donors (Lipinski definition) is 1. The monoisotopic (exact) mass is 325 g/mol. The van der Waals surface area contributed by atoms with Gasteiger partial charge in [-0.15, -0.1) is 0 Å². The van der Waals surface area contributed by atoms with Crippen LogP contribution in [0.4, 0.5) is 0 Å². The van der Waals surface area contributed by atoms with E-state index in [1.165, 1.54) is 11.1 Å². The zero-order valence-electron chi connectivity index (χ0n) is 13.5. The third-order valence-electron chi connectivity index (χ3n) is 4.51. The van der Waals surface area contributed by atoms with E-state index in [0.717, 1.165) is 36.3 Å². The normalized spacial score (nSPS) is 16.0. The Kier molecular flexibility index (Phi) is 4.66. The first-order chi connectivity index (χ1) is 11.6. The van der Waals surface area contributed by atoms with E-state index < -0.39 is 0 Å². The van der Waals surface area contributed by atoms with Crippen molar-refractivity contribution >= 4 is 29.4 Å². The van der Waals surface area contributed by atoms with Crippen molar-refractivity contribution in [2.24, 2.45) is 0 Å². The molecule has 0 aliphatic heterocycles. The molecule has 0 saturated heterocycles.